The van der Waals surface area contributed by atoms with E-state index in [9.17, 15) is 0 Å². The fourth-order valence-corrected chi connectivity index (χ4v) is 0.760. The van der Waals surface area contributed by atoms with Gasteiger partial charge in [0.05, 0.1) is 19.8 Å². The third-order valence-corrected chi connectivity index (χ3v) is 1.25. The minimum absolute atomic E-state index is 0. The van der Waals surface area contributed by atoms with Crippen LogP contribution in [-0.2, 0) is 0 Å². The second-order valence-electron chi connectivity index (χ2n) is 2.01. The van der Waals surface area contributed by atoms with Crippen molar-refractivity contribution in [3.63, 3.8) is 0 Å². The van der Waals surface area contributed by atoms with Crippen molar-refractivity contribution in [2.75, 3.05) is 39.5 Å². The Morgan fingerprint density at radius 3 is 1.17 bits per heavy atom. The van der Waals surface area contributed by atoms with E-state index in [1.54, 1.807) is 4.90 Å². The second kappa shape index (κ2) is 13.9. The largest absolute Gasteiger partial charge is 0.412 e. The summed E-state index contributed by atoms with van der Waals surface area (Å²) >= 11 is 0. The Hall–Kier alpha value is 0.343. The van der Waals surface area contributed by atoms with Crippen LogP contribution in [0.15, 0.2) is 0 Å². The maximum atomic E-state index is 8.48. The summed E-state index contributed by atoms with van der Waals surface area (Å²) < 4.78 is 0. The first-order chi connectivity index (χ1) is 4.85. The van der Waals surface area contributed by atoms with Crippen molar-refractivity contribution in [3.05, 3.63) is 0 Å². The molecule has 0 rings (SSSR count). The molecule has 0 atom stereocenters. The van der Waals surface area contributed by atoms with Gasteiger partial charge >= 0.3 is 0 Å². The van der Waals surface area contributed by atoms with Crippen molar-refractivity contribution in [2.45, 2.75) is 0 Å². The van der Waals surface area contributed by atoms with Gasteiger partial charge in [-0.25, -0.2) is 0 Å². The van der Waals surface area contributed by atoms with Crippen LogP contribution in [0.5, 0.6) is 0 Å². The molecule has 0 aromatic heterocycles. The fourth-order valence-electron chi connectivity index (χ4n) is 0.760. The number of hydrogen-bond donors (Lipinski definition) is 3. The van der Waals surface area contributed by atoms with Crippen LogP contribution in [0, 0.1) is 0 Å². The molecule has 0 saturated carbocycles. The van der Waals surface area contributed by atoms with Crippen LogP contribution >= 0.6 is 0 Å². The topological polar surface area (TPSA) is 95.4 Å². The third kappa shape index (κ3) is 10.3. The van der Waals surface area contributed by atoms with Crippen molar-refractivity contribution in [3.8, 4) is 0 Å². The number of nitrogens with zero attached hydrogens (tertiary/aromatic N) is 1. The number of aliphatic hydroxyl groups excluding tert-OH is 3. The van der Waals surface area contributed by atoms with Gasteiger partial charge < -0.3 is 20.8 Å². The van der Waals surface area contributed by atoms with Crippen LogP contribution in [-0.4, -0.2) is 82.7 Å². The maximum absolute atomic E-state index is 8.48. The molecule has 0 spiro atoms. The van der Waals surface area contributed by atoms with Gasteiger partial charge in [-0.15, -0.1) is 0 Å². The second-order valence-corrected chi connectivity index (χ2v) is 2.01. The van der Waals surface area contributed by atoms with Crippen LogP contribution in [0.1, 0.15) is 0 Å². The van der Waals surface area contributed by atoms with Gasteiger partial charge in [-0.1, -0.05) is 0 Å². The quantitative estimate of drug-likeness (QED) is 0.433. The Labute approximate surface area is 83.3 Å². The van der Waals surface area contributed by atoms with Crippen LogP contribution in [0.2, 0.25) is 0 Å². The van der Waals surface area contributed by atoms with E-state index in [2.05, 4.69) is 0 Å². The molecule has 0 fully saturated rings. The molecule has 0 saturated heterocycles. The van der Waals surface area contributed by atoms with E-state index < -0.39 is 0 Å². The van der Waals surface area contributed by atoms with Gasteiger partial charge in [0.1, 0.15) is 0 Å². The average molecular weight is 240 g/mol. The van der Waals surface area contributed by atoms with E-state index in [1.165, 1.54) is 0 Å². The van der Waals surface area contributed by atoms with Crippen LogP contribution in [0.25, 0.3) is 0 Å². The average Bonchev–Trinajstić information content (AvgIpc) is 1.90. The Balaban J connectivity index is -0.000000405. The van der Waals surface area contributed by atoms with Crippen LogP contribution in [0.3, 0.4) is 0 Å². The molecule has 0 unspecified atom stereocenters. The minimum Gasteiger partial charge on any atom is -0.412 e. The first kappa shape index (κ1) is 18.2. The van der Waals surface area contributed by atoms with E-state index in [4.69, 9.17) is 15.3 Å². The van der Waals surface area contributed by atoms with Gasteiger partial charge in [0.25, 0.3) is 0 Å². The Morgan fingerprint density at radius 2 is 1.00 bits per heavy atom. The molecule has 12 heavy (non-hydrogen) atoms. The van der Waals surface area contributed by atoms with E-state index in [0.717, 1.165) is 0 Å². The maximum Gasteiger partial charge on any atom is 0.0558 e. The first-order valence-corrected chi connectivity index (χ1v) is 3.40. The number of aliphatic hydroxyl groups is 3. The SMILES string of the molecule is O.OCCN(CCO)CCO.[Ge]. The predicted octanol–water partition coefficient (Wildman–Crippen LogP) is -2.94. The van der Waals surface area contributed by atoms with Crippen molar-refractivity contribution in [1.82, 2.24) is 4.90 Å². The summed E-state index contributed by atoms with van der Waals surface area (Å²) in [4.78, 5) is 1.79. The number of hydrogen-bond acceptors (Lipinski definition) is 4. The summed E-state index contributed by atoms with van der Waals surface area (Å²) in [7, 11) is 0. The Kier molecular flexibility index (Phi) is 21.1. The summed E-state index contributed by atoms with van der Waals surface area (Å²) in [6.45, 7) is 1.75. The summed E-state index contributed by atoms with van der Waals surface area (Å²) in [5.74, 6) is 0. The van der Waals surface area contributed by atoms with Crippen LogP contribution in [0.4, 0.5) is 0 Å². The zero-order valence-corrected chi connectivity index (χ0v) is 9.13. The molecule has 0 amide bonds. The fraction of sp³-hybridized carbons (Fsp3) is 1.00. The first-order valence-electron chi connectivity index (χ1n) is 3.40. The van der Waals surface area contributed by atoms with Gasteiger partial charge in [0.15, 0.2) is 0 Å². The zero-order chi connectivity index (χ0) is 7.82. The normalized spacial score (nSPS) is 9.00. The summed E-state index contributed by atoms with van der Waals surface area (Å²) in [6.07, 6.45) is 0. The Morgan fingerprint density at radius 1 is 0.750 bits per heavy atom. The van der Waals surface area contributed by atoms with Crippen molar-refractivity contribution in [2.24, 2.45) is 0 Å². The van der Waals surface area contributed by atoms with Gasteiger partial charge in [0, 0.05) is 37.2 Å². The van der Waals surface area contributed by atoms with Crippen molar-refractivity contribution < 1.29 is 20.8 Å². The molecule has 4 radical (unpaired) electrons. The molecule has 0 aromatic rings. The molecule has 0 aliphatic carbocycles. The predicted molar refractivity (Wildman–Crippen MR) is 47.1 cm³/mol. The summed E-state index contributed by atoms with van der Waals surface area (Å²) in [6, 6.07) is 0. The number of rotatable bonds is 6. The van der Waals surface area contributed by atoms with Gasteiger partial charge in [0.2, 0.25) is 0 Å². The molecule has 0 aliphatic rings. The molecule has 0 bridgehead atoms. The molecular formula is C6H17GeNO4. The van der Waals surface area contributed by atoms with E-state index in [-0.39, 0.29) is 42.9 Å². The third-order valence-electron chi connectivity index (χ3n) is 1.25. The molecule has 5 N–H and O–H groups in total. The van der Waals surface area contributed by atoms with Crippen LogP contribution < -0.4 is 0 Å². The monoisotopic (exact) mass is 241 g/mol. The molecule has 0 heterocycles. The molecule has 5 nitrogen and oxygen atoms in total. The van der Waals surface area contributed by atoms with Crippen molar-refractivity contribution >= 4 is 17.6 Å². The van der Waals surface area contributed by atoms with E-state index >= 15 is 0 Å². The van der Waals surface area contributed by atoms with E-state index in [1.807, 2.05) is 0 Å². The van der Waals surface area contributed by atoms with Crippen molar-refractivity contribution in [1.29, 1.82) is 0 Å². The summed E-state index contributed by atoms with van der Waals surface area (Å²) in [5, 5.41) is 25.5. The molecule has 0 aromatic carbocycles. The van der Waals surface area contributed by atoms with Gasteiger partial charge in [-0.3, -0.25) is 4.90 Å². The molecule has 74 valence electrons. The Bertz CT molecular complexity index is 62.3. The summed E-state index contributed by atoms with van der Waals surface area (Å²) in [5.41, 5.74) is 0. The molecular weight excluding hydrogens is 223 g/mol. The smallest absolute Gasteiger partial charge is 0.0558 e. The zero-order valence-electron chi connectivity index (χ0n) is 7.03. The molecule has 0 aliphatic heterocycles. The van der Waals surface area contributed by atoms with Gasteiger partial charge in [-0.2, -0.15) is 0 Å². The minimum atomic E-state index is 0. The van der Waals surface area contributed by atoms with E-state index in [0.29, 0.717) is 19.6 Å². The molecule has 6 heteroatoms. The standard InChI is InChI=1S/C6H15NO3.Ge.H2O/c8-4-1-7(2-5-9)3-6-10;;/h8-10H,1-6H2;;1H2. The van der Waals surface area contributed by atoms with Gasteiger partial charge in [-0.05, 0) is 0 Å².